The van der Waals surface area contributed by atoms with Gasteiger partial charge in [-0.3, -0.25) is 0 Å². The van der Waals surface area contributed by atoms with Gasteiger partial charge in [0.25, 0.3) is 0 Å². The molecule has 0 bridgehead atoms. The Balaban J connectivity index is 1.36. The molecule has 6 rings (SSSR count). The Hall–Kier alpha value is -2.36. The largest absolute Gasteiger partial charge is 0.339 e. The number of aryl methyl sites for hydroxylation is 3. The number of hydrogen-bond acceptors (Lipinski definition) is 2. The highest BCUT2D eigenvalue weighted by molar-refractivity contribution is 7.29. The molecule has 49 heavy (non-hydrogen) atoms. The zero-order valence-corrected chi connectivity index (χ0v) is 33.2. The predicted molar refractivity (Wildman–Crippen MR) is 221 cm³/mol. The van der Waals surface area contributed by atoms with Crippen LogP contribution in [0.2, 0.25) is 0 Å². The van der Waals surface area contributed by atoms with Crippen LogP contribution in [-0.4, -0.2) is 4.57 Å². The molecule has 1 aliphatic rings. The third kappa shape index (κ3) is 7.94. The summed E-state index contributed by atoms with van der Waals surface area (Å²) in [6.07, 6.45) is 25.5. The Morgan fingerprint density at radius 1 is 0.531 bits per heavy atom. The van der Waals surface area contributed by atoms with Crippen molar-refractivity contribution in [2.45, 2.75) is 169 Å². The fraction of sp³-hybridized carbons (Fsp3) is 0.565. The molecule has 0 fully saturated rings. The Morgan fingerprint density at radius 3 is 1.71 bits per heavy atom. The maximum Gasteiger partial charge on any atom is 0.0707 e. The summed E-state index contributed by atoms with van der Waals surface area (Å²) in [4.78, 5) is 2.88. The van der Waals surface area contributed by atoms with Gasteiger partial charge < -0.3 is 4.57 Å². The minimum atomic E-state index is 0.130. The summed E-state index contributed by atoms with van der Waals surface area (Å²) >= 11 is 4.03. The molecule has 5 aromatic rings. The number of rotatable bonds is 21. The van der Waals surface area contributed by atoms with E-state index in [2.05, 4.69) is 87.7 Å². The van der Waals surface area contributed by atoms with Crippen LogP contribution >= 0.6 is 22.7 Å². The number of fused-ring (bicyclic) bond motifs is 6. The number of thiophene rings is 2. The first-order valence-electron chi connectivity index (χ1n) is 20.3. The molecule has 3 heterocycles. The van der Waals surface area contributed by atoms with Gasteiger partial charge >= 0.3 is 0 Å². The maximum absolute atomic E-state index is 2.66. The standard InChI is InChI=1S/C46H63NS2/c1-6-9-12-15-17-20-27-46(28-21-18-16-13-10-7-2)39-30-34(4)23-25-37(39)38-26-24-36(32-40(38)46)43-33-42-45(49-43)44-41(31-35(5)48-44)47(42)29-22-19-14-11-8-3/h23-26,30-33H,6-22,27-29H2,1-5H3. The van der Waals surface area contributed by atoms with E-state index in [9.17, 15) is 0 Å². The van der Waals surface area contributed by atoms with Crippen molar-refractivity contribution in [3.8, 4) is 21.6 Å². The Morgan fingerprint density at radius 2 is 1.06 bits per heavy atom. The summed E-state index contributed by atoms with van der Waals surface area (Å²) in [7, 11) is 0. The average Bonchev–Trinajstić information content (AvgIpc) is 3.83. The molecular weight excluding hydrogens is 631 g/mol. The molecule has 1 nitrogen and oxygen atoms in total. The fourth-order valence-electron chi connectivity index (χ4n) is 8.84. The minimum absolute atomic E-state index is 0.130. The van der Waals surface area contributed by atoms with Gasteiger partial charge in [-0.15, -0.1) is 22.7 Å². The molecule has 0 spiro atoms. The second kappa shape index (κ2) is 17.2. The highest BCUT2D eigenvalue weighted by Crippen LogP contribution is 2.56. The van der Waals surface area contributed by atoms with Crippen molar-refractivity contribution < 1.29 is 0 Å². The summed E-state index contributed by atoms with van der Waals surface area (Å²) in [6, 6.07) is 20.0. The van der Waals surface area contributed by atoms with E-state index in [0.29, 0.717) is 0 Å². The molecule has 0 N–H and O–H groups in total. The SMILES string of the molecule is CCCCCCCCC1(CCCCCCCC)c2cc(C)ccc2-c2ccc(-c3cc4c(s3)c3sc(C)cc3n4CCCCCCC)cc21. The number of hydrogen-bond donors (Lipinski definition) is 0. The van der Waals surface area contributed by atoms with Crippen molar-refractivity contribution in [3.63, 3.8) is 0 Å². The van der Waals surface area contributed by atoms with Gasteiger partial charge in [-0.2, -0.15) is 0 Å². The first-order valence-corrected chi connectivity index (χ1v) is 21.9. The first kappa shape index (κ1) is 36.4. The van der Waals surface area contributed by atoms with E-state index in [-0.39, 0.29) is 5.41 Å². The second-order valence-electron chi connectivity index (χ2n) is 15.4. The minimum Gasteiger partial charge on any atom is -0.339 e. The second-order valence-corrected chi connectivity index (χ2v) is 17.7. The van der Waals surface area contributed by atoms with E-state index >= 15 is 0 Å². The summed E-state index contributed by atoms with van der Waals surface area (Å²) in [5, 5.41) is 0. The van der Waals surface area contributed by atoms with Gasteiger partial charge in [0, 0.05) is 21.7 Å². The van der Waals surface area contributed by atoms with Crippen LogP contribution in [0.5, 0.6) is 0 Å². The van der Waals surface area contributed by atoms with Crippen LogP contribution in [0, 0.1) is 13.8 Å². The molecule has 1 aliphatic carbocycles. The van der Waals surface area contributed by atoms with Crippen LogP contribution in [0.15, 0.2) is 48.5 Å². The van der Waals surface area contributed by atoms with Crippen LogP contribution in [0.4, 0.5) is 0 Å². The maximum atomic E-state index is 2.66. The van der Waals surface area contributed by atoms with Crippen molar-refractivity contribution in [2.75, 3.05) is 0 Å². The highest BCUT2D eigenvalue weighted by Gasteiger charge is 2.42. The zero-order chi connectivity index (χ0) is 34.2. The average molecular weight is 694 g/mol. The smallest absolute Gasteiger partial charge is 0.0707 e. The number of unbranched alkanes of at least 4 members (excludes halogenated alkanes) is 14. The van der Waals surface area contributed by atoms with Crippen LogP contribution in [0.25, 0.3) is 42.0 Å². The molecule has 0 atom stereocenters. The number of aromatic nitrogens is 1. The van der Waals surface area contributed by atoms with Crippen molar-refractivity contribution in [3.05, 3.63) is 70.1 Å². The molecule has 0 saturated carbocycles. The Kier molecular flexibility index (Phi) is 12.8. The number of nitrogens with zero attached hydrogens (tertiary/aromatic N) is 1. The van der Waals surface area contributed by atoms with Crippen molar-refractivity contribution in [1.82, 2.24) is 4.57 Å². The van der Waals surface area contributed by atoms with Crippen LogP contribution < -0.4 is 0 Å². The van der Waals surface area contributed by atoms with Gasteiger partial charge in [-0.05, 0) is 79.1 Å². The van der Waals surface area contributed by atoms with E-state index < -0.39 is 0 Å². The third-order valence-corrected chi connectivity index (χ3v) is 13.9. The monoisotopic (exact) mass is 693 g/mol. The molecule has 0 unspecified atom stereocenters. The highest BCUT2D eigenvalue weighted by atomic mass is 32.1. The number of benzene rings is 2. The lowest BCUT2D eigenvalue weighted by Crippen LogP contribution is -2.25. The van der Waals surface area contributed by atoms with E-state index in [4.69, 9.17) is 0 Å². The van der Waals surface area contributed by atoms with Crippen LogP contribution in [-0.2, 0) is 12.0 Å². The Labute approximate surface area is 306 Å². The molecule has 0 radical (unpaired) electrons. The van der Waals surface area contributed by atoms with Gasteiger partial charge in [0.1, 0.15) is 0 Å². The van der Waals surface area contributed by atoms with Crippen LogP contribution in [0.3, 0.4) is 0 Å². The third-order valence-electron chi connectivity index (χ3n) is 11.5. The molecule has 0 aliphatic heterocycles. The van der Waals surface area contributed by atoms with Crippen LogP contribution in [0.1, 0.15) is 164 Å². The van der Waals surface area contributed by atoms with Gasteiger partial charge in [0.2, 0.25) is 0 Å². The summed E-state index contributed by atoms with van der Waals surface area (Å²) in [6.45, 7) is 12.7. The van der Waals surface area contributed by atoms with Gasteiger partial charge in [0.15, 0.2) is 0 Å². The quantitative estimate of drug-likeness (QED) is 0.0674. The normalized spacial score (nSPS) is 13.6. The van der Waals surface area contributed by atoms with Gasteiger partial charge in [-0.25, -0.2) is 0 Å². The Bertz CT molecular complexity index is 1780. The first-order chi connectivity index (χ1) is 24.0. The predicted octanol–water partition coefficient (Wildman–Crippen LogP) is 15.9. The molecule has 0 saturated heterocycles. The lowest BCUT2D eigenvalue weighted by atomic mass is 9.70. The van der Waals surface area contributed by atoms with E-state index in [0.717, 1.165) is 6.54 Å². The van der Waals surface area contributed by atoms with Gasteiger partial charge in [-0.1, -0.05) is 159 Å². The lowest BCUT2D eigenvalue weighted by molar-refractivity contribution is 0.398. The molecule has 0 amide bonds. The molecule has 2 aromatic carbocycles. The van der Waals surface area contributed by atoms with Gasteiger partial charge in [0.05, 0.1) is 20.4 Å². The molecule has 264 valence electrons. The molecular formula is C46H63NS2. The fourth-order valence-corrected chi connectivity index (χ4v) is 11.2. The summed E-state index contributed by atoms with van der Waals surface area (Å²) in [5.41, 5.74) is 12.2. The van der Waals surface area contributed by atoms with E-state index in [1.54, 1.807) is 11.1 Å². The summed E-state index contributed by atoms with van der Waals surface area (Å²) in [5.74, 6) is 0. The van der Waals surface area contributed by atoms with E-state index in [1.165, 1.54) is 174 Å². The zero-order valence-electron chi connectivity index (χ0n) is 31.5. The molecule has 3 aromatic heterocycles. The van der Waals surface area contributed by atoms with Crippen molar-refractivity contribution >= 4 is 43.1 Å². The topological polar surface area (TPSA) is 4.93 Å². The summed E-state index contributed by atoms with van der Waals surface area (Å²) < 4.78 is 5.66. The molecule has 3 heteroatoms. The van der Waals surface area contributed by atoms with E-state index in [1.807, 2.05) is 22.7 Å². The van der Waals surface area contributed by atoms with Crippen molar-refractivity contribution in [2.24, 2.45) is 0 Å². The van der Waals surface area contributed by atoms with Crippen molar-refractivity contribution in [1.29, 1.82) is 0 Å². The lowest BCUT2D eigenvalue weighted by Gasteiger charge is -2.33.